The van der Waals surface area contributed by atoms with Crippen LogP contribution in [-0.2, 0) is 0 Å². The zero-order chi connectivity index (χ0) is 50.8. The summed E-state index contributed by atoms with van der Waals surface area (Å²) in [7, 11) is 0. The summed E-state index contributed by atoms with van der Waals surface area (Å²) in [6, 6.07) is 81.5. The predicted octanol–water partition coefficient (Wildman–Crippen LogP) is 19.7. The second kappa shape index (κ2) is 20.2. The van der Waals surface area contributed by atoms with Crippen molar-refractivity contribution in [2.24, 2.45) is 0 Å². The highest BCUT2D eigenvalue weighted by molar-refractivity contribution is 6.33. The number of fused-ring (bicyclic) bond motifs is 13. The van der Waals surface area contributed by atoms with Crippen molar-refractivity contribution in [3.05, 3.63) is 243 Å². The average Bonchev–Trinajstić information content (AvgIpc) is 4.18. The van der Waals surface area contributed by atoms with Gasteiger partial charge in [0.1, 0.15) is 11.2 Å². The molecule has 360 valence electrons. The first kappa shape index (κ1) is 46.6. The molecule has 14 rings (SSSR count). The van der Waals surface area contributed by atoms with Crippen molar-refractivity contribution in [3.63, 3.8) is 0 Å². The van der Waals surface area contributed by atoms with Crippen LogP contribution in [0.15, 0.2) is 247 Å². The van der Waals surface area contributed by atoms with Gasteiger partial charge in [-0.3, -0.25) is 4.57 Å². The molecule has 0 unspecified atom stereocenters. The van der Waals surface area contributed by atoms with Gasteiger partial charge in [0.2, 0.25) is 5.95 Å². The van der Waals surface area contributed by atoms with Crippen molar-refractivity contribution in [1.29, 1.82) is 0 Å². The molecule has 0 spiro atoms. The van der Waals surface area contributed by atoms with E-state index < -0.39 is 0 Å². The summed E-state index contributed by atoms with van der Waals surface area (Å²) in [5, 5.41) is 11.5. The Kier molecular flexibility index (Phi) is 12.6. The molecule has 0 atom stereocenters. The molecule has 0 saturated heterocycles. The molecule has 3 heterocycles. The Bertz CT molecular complexity index is 4290. The van der Waals surface area contributed by atoms with E-state index in [1.807, 2.05) is 38.1 Å². The number of benzene rings is 11. The number of allylic oxidation sites excluding steroid dienone is 2. The van der Waals surface area contributed by atoms with E-state index in [1.165, 1.54) is 33.4 Å². The summed E-state index contributed by atoms with van der Waals surface area (Å²) < 4.78 is 8.99. The van der Waals surface area contributed by atoms with Crippen molar-refractivity contribution in [3.8, 4) is 62.1 Å². The number of hydrogen-bond acceptors (Lipinski definition) is 4. The first-order chi connectivity index (χ1) is 37.0. The molecule has 5 nitrogen and oxygen atoms in total. The fourth-order valence-corrected chi connectivity index (χ4v) is 10.5. The summed E-state index contributed by atoms with van der Waals surface area (Å²) in [5.74, 6) is 1.71. The van der Waals surface area contributed by atoms with Crippen molar-refractivity contribution < 1.29 is 4.42 Å². The van der Waals surface area contributed by atoms with E-state index in [9.17, 15) is 0 Å². The van der Waals surface area contributed by atoms with E-state index in [4.69, 9.17) is 19.4 Å². The first-order valence-corrected chi connectivity index (χ1v) is 25.9. The average molecular weight is 967 g/mol. The molecule has 11 aromatic carbocycles. The minimum Gasteiger partial charge on any atom is -0.456 e. The van der Waals surface area contributed by atoms with Gasteiger partial charge in [-0.15, -0.1) is 0 Å². The van der Waals surface area contributed by atoms with E-state index in [2.05, 4.69) is 237 Å². The zero-order valence-corrected chi connectivity index (χ0v) is 42.5. The molecular formula is C70H54N4O. The van der Waals surface area contributed by atoms with Crippen LogP contribution in [-0.4, -0.2) is 19.5 Å². The van der Waals surface area contributed by atoms with Gasteiger partial charge in [-0.1, -0.05) is 245 Å². The Morgan fingerprint density at radius 3 is 1.44 bits per heavy atom. The van der Waals surface area contributed by atoms with Crippen molar-refractivity contribution in [2.75, 3.05) is 0 Å². The number of nitrogens with zero attached hydrogens (tertiary/aromatic N) is 4. The van der Waals surface area contributed by atoms with Crippen LogP contribution in [0.2, 0.25) is 0 Å². The molecule has 0 aliphatic rings. The van der Waals surface area contributed by atoms with Gasteiger partial charge in [0.05, 0.1) is 11.0 Å². The van der Waals surface area contributed by atoms with Gasteiger partial charge in [0.15, 0.2) is 11.6 Å². The maximum absolute atomic E-state index is 6.69. The van der Waals surface area contributed by atoms with Gasteiger partial charge in [-0.2, -0.15) is 9.97 Å². The maximum Gasteiger partial charge on any atom is 0.238 e. The first-order valence-electron chi connectivity index (χ1n) is 25.9. The van der Waals surface area contributed by atoms with Crippen LogP contribution < -0.4 is 0 Å². The van der Waals surface area contributed by atoms with Gasteiger partial charge in [0, 0.05) is 43.6 Å². The van der Waals surface area contributed by atoms with E-state index >= 15 is 0 Å². The summed E-state index contributed by atoms with van der Waals surface area (Å²) in [4.78, 5) is 16.3. The molecule has 75 heavy (non-hydrogen) atoms. The zero-order valence-electron chi connectivity index (χ0n) is 42.5. The Morgan fingerprint density at radius 1 is 0.360 bits per heavy atom. The molecule has 0 radical (unpaired) electrons. The van der Waals surface area contributed by atoms with Crippen molar-refractivity contribution in [2.45, 2.75) is 34.1 Å². The molecule has 5 heteroatoms. The minimum atomic E-state index is 0.536. The highest BCUT2D eigenvalue weighted by atomic mass is 16.3. The van der Waals surface area contributed by atoms with Gasteiger partial charge >= 0.3 is 0 Å². The van der Waals surface area contributed by atoms with Gasteiger partial charge in [-0.05, 0) is 86.8 Å². The fraction of sp³-hybridized carbons (Fsp3) is 0.0714. The quantitative estimate of drug-likeness (QED) is 0.123. The lowest BCUT2D eigenvalue weighted by molar-refractivity contribution is 0.669. The maximum atomic E-state index is 6.69. The van der Waals surface area contributed by atoms with Gasteiger partial charge < -0.3 is 4.42 Å². The lowest BCUT2D eigenvalue weighted by Gasteiger charge is -2.14. The van der Waals surface area contributed by atoms with Crippen LogP contribution in [0.25, 0.3) is 138 Å². The summed E-state index contributed by atoms with van der Waals surface area (Å²) in [6.07, 6.45) is 5.25. The monoisotopic (exact) mass is 966 g/mol. The topological polar surface area (TPSA) is 56.7 Å². The Hall–Kier alpha value is -9.45. The van der Waals surface area contributed by atoms with E-state index in [0.717, 1.165) is 93.6 Å². The predicted molar refractivity (Wildman–Crippen MR) is 318 cm³/mol. The number of para-hydroxylation sites is 1. The molecule has 3 aromatic heterocycles. The molecule has 0 aliphatic carbocycles. The molecule has 14 aromatic rings. The largest absolute Gasteiger partial charge is 0.456 e. The smallest absolute Gasteiger partial charge is 0.238 e. The molecule has 0 amide bonds. The lowest BCUT2D eigenvalue weighted by atomic mass is 9.95. The molecule has 0 aliphatic heterocycles. The summed E-state index contributed by atoms with van der Waals surface area (Å²) in [6.45, 7) is 8.25. The molecule has 0 N–H and O–H groups in total. The Balaban J connectivity index is 0.000000770. The van der Waals surface area contributed by atoms with Crippen LogP contribution in [0.4, 0.5) is 0 Å². The minimum absolute atomic E-state index is 0.536. The second-order valence-electron chi connectivity index (χ2n) is 18.9. The number of rotatable bonds is 6. The van der Waals surface area contributed by atoms with Crippen LogP contribution in [0.5, 0.6) is 0 Å². The standard InChI is InChI=1S/C63H38N4O.C4H8.C3H8/c1-3-14-39(15-4-1)41-26-30-44(31-27-41)61-64-62(45-32-28-42(29-33-45)40-16-5-2-6-17-40)66-63(65-61)67-59-48(46-34-36-53-56(38-46)68-55-37-35-43-18-7-8-19-47(43)57(53)55)24-13-25-54(59)58-51-22-11-9-20-49(51)50-21-10-12-23-52(50)60(58)67;1-3-4-2;1-3-2/h1-38H;3-4H,1-2H3;3H2,1-2H3/b;4-3-;. The molecular weight excluding hydrogens is 913 g/mol. The normalized spacial score (nSPS) is 11.5. The SMILES string of the molecule is C/C=C\C.CCC.c1ccc(-c2ccc(-c3nc(-c4ccc(-c5ccccc5)cc4)nc(-n4c5c(-c6ccc7c(c6)oc6ccc8ccccc8c67)cccc5c5c6ccccc6c6ccccc6c54)n3)cc2)cc1. The second-order valence-corrected chi connectivity index (χ2v) is 18.9. The third kappa shape index (κ3) is 8.48. The molecule has 0 saturated carbocycles. The Morgan fingerprint density at radius 2 is 0.840 bits per heavy atom. The van der Waals surface area contributed by atoms with Crippen LogP contribution in [0, 0.1) is 0 Å². The van der Waals surface area contributed by atoms with Crippen LogP contribution >= 0.6 is 0 Å². The highest BCUT2D eigenvalue weighted by Crippen LogP contribution is 2.46. The van der Waals surface area contributed by atoms with E-state index in [-0.39, 0.29) is 0 Å². The molecule has 0 bridgehead atoms. The van der Waals surface area contributed by atoms with Gasteiger partial charge in [-0.25, -0.2) is 4.98 Å². The highest BCUT2D eigenvalue weighted by Gasteiger charge is 2.25. The van der Waals surface area contributed by atoms with E-state index in [1.54, 1.807) is 0 Å². The van der Waals surface area contributed by atoms with Gasteiger partial charge in [0.25, 0.3) is 0 Å². The lowest BCUT2D eigenvalue weighted by Crippen LogP contribution is -2.07. The summed E-state index contributed by atoms with van der Waals surface area (Å²) >= 11 is 0. The van der Waals surface area contributed by atoms with Crippen molar-refractivity contribution >= 4 is 76.1 Å². The van der Waals surface area contributed by atoms with Crippen LogP contribution in [0.3, 0.4) is 0 Å². The third-order valence-electron chi connectivity index (χ3n) is 14.0. The van der Waals surface area contributed by atoms with Crippen molar-refractivity contribution in [1.82, 2.24) is 19.5 Å². The van der Waals surface area contributed by atoms with Crippen LogP contribution in [0.1, 0.15) is 34.1 Å². The fourth-order valence-electron chi connectivity index (χ4n) is 10.5. The number of hydrogen-bond donors (Lipinski definition) is 0. The molecule has 0 fully saturated rings. The number of furan rings is 1. The Labute approximate surface area is 436 Å². The van der Waals surface area contributed by atoms with E-state index in [0.29, 0.717) is 17.6 Å². The number of aromatic nitrogens is 4. The summed E-state index contributed by atoms with van der Waals surface area (Å²) in [5.41, 5.74) is 12.2. The third-order valence-corrected chi connectivity index (χ3v) is 14.0.